The third kappa shape index (κ3) is 2.86. The predicted molar refractivity (Wildman–Crippen MR) is 86.5 cm³/mol. The van der Waals surface area contributed by atoms with E-state index in [1.807, 2.05) is 4.90 Å². The fourth-order valence-electron chi connectivity index (χ4n) is 3.47. The first-order valence-corrected chi connectivity index (χ1v) is 8.33. The van der Waals surface area contributed by atoms with E-state index in [-0.39, 0.29) is 17.9 Å². The summed E-state index contributed by atoms with van der Waals surface area (Å²) < 4.78 is 12.0. The summed E-state index contributed by atoms with van der Waals surface area (Å²) in [6.45, 7) is 3.99. The van der Waals surface area contributed by atoms with Crippen molar-refractivity contribution >= 4 is 11.9 Å². The van der Waals surface area contributed by atoms with E-state index in [1.54, 1.807) is 6.92 Å². The third-order valence-corrected chi connectivity index (χ3v) is 4.85. The molecule has 0 aliphatic carbocycles. The van der Waals surface area contributed by atoms with Gasteiger partial charge in [0.1, 0.15) is 0 Å². The number of hydrogen-bond acceptors (Lipinski definition) is 7. The van der Waals surface area contributed by atoms with Gasteiger partial charge in [-0.25, -0.2) is 9.78 Å². The highest BCUT2D eigenvalue weighted by Gasteiger charge is 2.39. The summed E-state index contributed by atoms with van der Waals surface area (Å²) in [5.41, 5.74) is -1.02. The van der Waals surface area contributed by atoms with Crippen molar-refractivity contribution in [3.8, 4) is 5.75 Å². The molecular formula is C16H23N3O5. The first-order chi connectivity index (χ1) is 11.5. The normalized spacial score (nSPS) is 19.7. The predicted octanol–water partition coefficient (Wildman–Crippen LogP) is 0.812. The summed E-state index contributed by atoms with van der Waals surface area (Å²) in [7, 11) is 1.54. The highest BCUT2D eigenvalue weighted by atomic mass is 16.5. The Morgan fingerprint density at radius 3 is 2.67 bits per heavy atom. The molecule has 0 atom stereocenters. The molecule has 24 heavy (non-hydrogen) atoms. The molecule has 0 radical (unpaired) electrons. The van der Waals surface area contributed by atoms with Gasteiger partial charge >= 0.3 is 5.97 Å². The van der Waals surface area contributed by atoms with Crippen LogP contribution >= 0.6 is 0 Å². The number of rotatable bonds is 3. The minimum atomic E-state index is -0.790. The van der Waals surface area contributed by atoms with Crippen LogP contribution in [0.15, 0.2) is 4.79 Å². The number of piperidine rings is 1. The van der Waals surface area contributed by atoms with Crippen molar-refractivity contribution in [2.75, 3.05) is 31.2 Å². The fraction of sp³-hybridized carbons (Fsp3) is 0.688. The van der Waals surface area contributed by atoms with Crippen molar-refractivity contribution in [1.29, 1.82) is 0 Å². The second kappa shape index (κ2) is 6.43. The molecule has 0 bridgehead atoms. The number of carbonyl (C=O) groups is 1. The fourth-order valence-corrected chi connectivity index (χ4v) is 3.47. The van der Waals surface area contributed by atoms with Crippen LogP contribution < -0.4 is 10.5 Å². The maximum Gasteiger partial charge on any atom is 0.361 e. The van der Waals surface area contributed by atoms with Gasteiger partial charge in [0, 0.05) is 26.7 Å². The van der Waals surface area contributed by atoms with Gasteiger partial charge in [-0.05, 0) is 32.6 Å². The highest BCUT2D eigenvalue weighted by Crippen LogP contribution is 2.36. The topological polar surface area (TPSA) is 93.9 Å². The summed E-state index contributed by atoms with van der Waals surface area (Å²) in [5, 5.41) is 9.93. The number of carbonyl (C=O) groups excluding carboxylic acids is 1. The number of anilines is 1. The minimum Gasteiger partial charge on any atom is -0.501 e. The van der Waals surface area contributed by atoms with Crippen molar-refractivity contribution in [3.63, 3.8) is 0 Å². The molecule has 1 aromatic rings. The van der Waals surface area contributed by atoms with E-state index in [9.17, 15) is 14.7 Å². The molecule has 2 saturated heterocycles. The summed E-state index contributed by atoms with van der Waals surface area (Å²) in [4.78, 5) is 30.3. The van der Waals surface area contributed by atoms with Gasteiger partial charge < -0.3 is 19.5 Å². The monoisotopic (exact) mass is 337 g/mol. The molecule has 2 fully saturated rings. The van der Waals surface area contributed by atoms with Crippen molar-refractivity contribution in [3.05, 3.63) is 16.0 Å². The van der Waals surface area contributed by atoms with Crippen LogP contribution in [-0.4, -0.2) is 52.5 Å². The molecule has 2 aliphatic rings. The van der Waals surface area contributed by atoms with Gasteiger partial charge in [0.15, 0.2) is 5.69 Å². The van der Waals surface area contributed by atoms with Gasteiger partial charge in [0.2, 0.25) is 11.7 Å². The van der Waals surface area contributed by atoms with Gasteiger partial charge in [-0.1, -0.05) is 0 Å². The number of hydrogen-bond donors (Lipinski definition) is 1. The minimum absolute atomic E-state index is 0.0454. The maximum absolute atomic E-state index is 12.2. The summed E-state index contributed by atoms with van der Waals surface area (Å²) in [5.74, 6) is -1.09. The van der Waals surface area contributed by atoms with Crippen LogP contribution in [0, 0.1) is 0 Å². The Labute approximate surface area is 140 Å². The molecule has 1 N–H and O–H groups in total. The van der Waals surface area contributed by atoms with E-state index in [4.69, 9.17) is 9.47 Å². The SMILES string of the molecule is CCOC(=O)c1nc(N2CCC3(CCCO3)CC2)n(C)c(=O)c1O. The maximum atomic E-state index is 12.2. The van der Waals surface area contributed by atoms with Gasteiger partial charge in [-0.2, -0.15) is 0 Å². The Balaban J connectivity index is 1.88. The number of aromatic hydroxyl groups is 1. The molecule has 8 heteroatoms. The van der Waals surface area contributed by atoms with Crippen LogP contribution in [0.2, 0.25) is 0 Å². The van der Waals surface area contributed by atoms with Crippen molar-refractivity contribution in [1.82, 2.24) is 9.55 Å². The molecule has 0 aromatic carbocycles. The van der Waals surface area contributed by atoms with E-state index in [2.05, 4.69) is 4.98 Å². The quantitative estimate of drug-likeness (QED) is 0.816. The zero-order chi connectivity index (χ0) is 17.3. The lowest BCUT2D eigenvalue weighted by atomic mass is 9.89. The van der Waals surface area contributed by atoms with E-state index in [1.165, 1.54) is 11.6 Å². The molecule has 0 amide bonds. The molecule has 3 rings (SSSR count). The van der Waals surface area contributed by atoms with Crippen LogP contribution in [-0.2, 0) is 16.5 Å². The lowest BCUT2D eigenvalue weighted by molar-refractivity contribution is -0.0149. The van der Waals surface area contributed by atoms with Crippen molar-refractivity contribution in [2.24, 2.45) is 7.05 Å². The molecule has 2 aliphatic heterocycles. The first-order valence-electron chi connectivity index (χ1n) is 8.33. The van der Waals surface area contributed by atoms with Crippen LogP contribution in [0.4, 0.5) is 5.95 Å². The Morgan fingerprint density at radius 2 is 2.08 bits per heavy atom. The highest BCUT2D eigenvalue weighted by molar-refractivity contribution is 5.90. The molecule has 132 valence electrons. The van der Waals surface area contributed by atoms with Gasteiger partial charge in [0.25, 0.3) is 5.56 Å². The largest absolute Gasteiger partial charge is 0.501 e. The molecular weight excluding hydrogens is 314 g/mol. The molecule has 1 aromatic heterocycles. The molecule has 1 spiro atoms. The van der Waals surface area contributed by atoms with E-state index < -0.39 is 17.3 Å². The summed E-state index contributed by atoms with van der Waals surface area (Å²) in [6.07, 6.45) is 3.87. The average molecular weight is 337 g/mol. The third-order valence-electron chi connectivity index (χ3n) is 4.85. The van der Waals surface area contributed by atoms with Crippen LogP contribution in [0.1, 0.15) is 43.1 Å². The molecule has 8 nitrogen and oxygen atoms in total. The first kappa shape index (κ1) is 16.8. The number of aromatic nitrogens is 2. The van der Waals surface area contributed by atoms with Gasteiger partial charge in [-0.15, -0.1) is 0 Å². The lowest BCUT2D eigenvalue weighted by Crippen LogP contribution is -2.46. The van der Waals surface area contributed by atoms with Crippen molar-refractivity contribution < 1.29 is 19.4 Å². The average Bonchev–Trinajstić information content (AvgIpc) is 3.02. The number of ether oxygens (including phenoxy) is 2. The van der Waals surface area contributed by atoms with Gasteiger partial charge in [0.05, 0.1) is 12.2 Å². The Hall–Kier alpha value is -2.09. The van der Waals surface area contributed by atoms with Crippen LogP contribution in [0.3, 0.4) is 0 Å². The number of nitrogens with zero attached hydrogens (tertiary/aromatic N) is 3. The zero-order valence-electron chi connectivity index (χ0n) is 14.1. The summed E-state index contributed by atoms with van der Waals surface area (Å²) >= 11 is 0. The Morgan fingerprint density at radius 1 is 1.38 bits per heavy atom. The summed E-state index contributed by atoms with van der Waals surface area (Å²) in [6, 6.07) is 0. The lowest BCUT2D eigenvalue weighted by Gasteiger charge is -2.39. The van der Waals surface area contributed by atoms with E-state index in [0.29, 0.717) is 19.0 Å². The van der Waals surface area contributed by atoms with E-state index >= 15 is 0 Å². The van der Waals surface area contributed by atoms with Crippen molar-refractivity contribution in [2.45, 2.75) is 38.2 Å². The molecule has 0 saturated carbocycles. The van der Waals surface area contributed by atoms with E-state index in [0.717, 1.165) is 32.3 Å². The zero-order valence-corrected chi connectivity index (χ0v) is 14.1. The Bertz CT molecular complexity index is 684. The van der Waals surface area contributed by atoms with Crippen LogP contribution in [0.5, 0.6) is 5.75 Å². The Kier molecular flexibility index (Phi) is 4.49. The second-order valence-electron chi connectivity index (χ2n) is 6.32. The van der Waals surface area contributed by atoms with Crippen LogP contribution in [0.25, 0.3) is 0 Å². The molecule has 3 heterocycles. The molecule has 0 unspecified atom stereocenters. The standard InChI is InChI=1S/C16H23N3O5/c1-3-23-14(22)11-12(20)13(21)18(2)15(17-11)19-8-6-16(7-9-19)5-4-10-24-16/h20H,3-10H2,1-2H3. The smallest absolute Gasteiger partial charge is 0.361 e. The number of esters is 1. The second-order valence-corrected chi connectivity index (χ2v) is 6.32. The van der Waals surface area contributed by atoms with Gasteiger partial charge in [-0.3, -0.25) is 9.36 Å².